The minimum Gasteiger partial charge on any atom is -0.383 e. The largest absolute Gasteiger partial charge is 0.383 e. The van der Waals surface area contributed by atoms with Crippen molar-refractivity contribution in [2.45, 2.75) is 44.8 Å². The van der Waals surface area contributed by atoms with Crippen molar-refractivity contribution < 1.29 is 0 Å². The molecule has 1 aromatic rings. The minimum atomic E-state index is 0.598. The standard InChI is InChI=1S/C13H22N4S/c1-3-11-16-12(14)9(2)13(17-11)15-8-10-6-4-5-7-18-10/h10H,3-8H2,1-2H3,(H3,14,15,16,17). The lowest BCUT2D eigenvalue weighted by molar-refractivity contribution is 0.676. The molecule has 1 atom stereocenters. The molecule has 0 aliphatic carbocycles. The Hall–Kier alpha value is -0.970. The fourth-order valence-corrected chi connectivity index (χ4v) is 3.33. The van der Waals surface area contributed by atoms with Crippen molar-refractivity contribution in [2.75, 3.05) is 23.3 Å². The molecule has 1 aromatic heterocycles. The SMILES string of the molecule is CCc1nc(N)c(C)c(NCC2CCCCS2)n1. The normalized spacial score (nSPS) is 19.8. The molecule has 100 valence electrons. The van der Waals surface area contributed by atoms with Crippen LogP contribution in [0.25, 0.3) is 0 Å². The van der Waals surface area contributed by atoms with Crippen LogP contribution in [-0.2, 0) is 6.42 Å². The number of aromatic nitrogens is 2. The number of aryl methyl sites for hydroxylation is 1. The Kier molecular flexibility index (Phi) is 4.69. The van der Waals surface area contributed by atoms with Gasteiger partial charge in [-0.25, -0.2) is 9.97 Å². The van der Waals surface area contributed by atoms with Gasteiger partial charge >= 0.3 is 0 Å². The Balaban J connectivity index is 2.01. The maximum atomic E-state index is 5.91. The highest BCUT2D eigenvalue weighted by molar-refractivity contribution is 7.99. The van der Waals surface area contributed by atoms with Crippen LogP contribution in [0.3, 0.4) is 0 Å². The summed E-state index contributed by atoms with van der Waals surface area (Å²) >= 11 is 2.07. The Morgan fingerprint density at radius 3 is 2.89 bits per heavy atom. The lowest BCUT2D eigenvalue weighted by atomic mass is 10.2. The lowest BCUT2D eigenvalue weighted by Gasteiger charge is -2.22. The molecule has 0 radical (unpaired) electrons. The van der Waals surface area contributed by atoms with Crippen molar-refractivity contribution in [1.82, 2.24) is 9.97 Å². The predicted molar refractivity (Wildman–Crippen MR) is 79.1 cm³/mol. The molecular formula is C13H22N4S. The summed E-state index contributed by atoms with van der Waals surface area (Å²) in [6, 6.07) is 0. The Morgan fingerprint density at radius 2 is 2.22 bits per heavy atom. The fourth-order valence-electron chi connectivity index (χ4n) is 2.09. The van der Waals surface area contributed by atoms with Gasteiger partial charge in [-0.2, -0.15) is 11.8 Å². The van der Waals surface area contributed by atoms with Gasteiger partial charge < -0.3 is 11.1 Å². The van der Waals surface area contributed by atoms with Gasteiger partial charge in [-0.3, -0.25) is 0 Å². The van der Waals surface area contributed by atoms with Gasteiger partial charge in [-0.15, -0.1) is 0 Å². The van der Waals surface area contributed by atoms with Crippen LogP contribution in [0.1, 0.15) is 37.6 Å². The quantitative estimate of drug-likeness (QED) is 0.877. The molecule has 2 rings (SSSR count). The summed E-state index contributed by atoms with van der Waals surface area (Å²) in [5.74, 6) is 3.61. The number of nitrogens with zero attached hydrogens (tertiary/aromatic N) is 2. The molecule has 0 saturated carbocycles. The second kappa shape index (κ2) is 6.27. The topological polar surface area (TPSA) is 63.8 Å². The number of anilines is 2. The zero-order valence-electron chi connectivity index (χ0n) is 11.2. The molecule has 0 aromatic carbocycles. The van der Waals surface area contributed by atoms with Gasteiger partial charge in [0, 0.05) is 23.8 Å². The van der Waals surface area contributed by atoms with E-state index < -0.39 is 0 Å². The summed E-state index contributed by atoms with van der Waals surface area (Å²) in [6.07, 6.45) is 4.83. The number of nitrogens with two attached hydrogens (primary N) is 1. The number of rotatable bonds is 4. The summed E-state index contributed by atoms with van der Waals surface area (Å²) in [7, 11) is 0. The zero-order chi connectivity index (χ0) is 13.0. The fraction of sp³-hybridized carbons (Fsp3) is 0.692. The van der Waals surface area contributed by atoms with Gasteiger partial charge in [0.15, 0.2) is 0 Å². The van der Waals surface area contributed by atoms with Gasteiger partial charge in [0.1, 0.15) is 17.5 Å². The van der Waals surface area contributed by atoms with E-state index in [1.54, 1.807) is 0 Å². The molecule has 3 N–H and O–H groups in total. The number of hydrogen-bond donors (Lipinski definition) is 2. The van der Waals surface area contributed by atoms with Crippen molar-refractivity contribution >= 4 is 23.4 Å². The third-order valence-electron chi connectivity index (χ3n) is 3.32. The van der Waals surface area contributed by atoms with Gasteiger partial charge in [0.05, 0.1) is 0 Å². The van der Waals surface area contributed by atoms with E-state index in [-0.39, 0.29) is 0 Å². The van der Waals surface area contributed by atoms with Gasteiger partial charge in [-0.05, 0) is 25.5 Å². The van der Waals surface area contributed by atoms with Crippen LogP contribution in [0.15, 0.2) is 0 Å². The van der Waals surface area contributed by atoms with Crippen LogP contribution in [0.4, 0.5) is 11.6 Å². The van der Waals surface area contributed by atoms with Crippen molar-refractivity contribution in [3.8, 4) is 0 Å². The predicted octanol–water partition coefficient (Wildman–Crippen LogP) is 2.63. The molecule has 1 unspecified atom stereocenters. The van der Waals surface area contributed by atoms with Crippen molar-refractivity contribution in [1.29, 1.82) is 0 Å². The van der Waals surface area contributed by atoms with Crippen molar-refractivity contribution in [3.05, 3.63) is 11.4 Å². The first-order valence-electron chi connectivity index (χ1n) is 6.69. The number of nitrogens with one attached hydrogen (secondary N) is 1. The third-order valence-corrected chi connectivity index (χ3v) is 4.72. The van der Waals surface area contributed by atoms with Gasteiger partial charge in [-0.1, -0.05) is 13.3 Å². The molecule has 1 aliphatic rings. The van der Waals surface area contributed by atoms with E-state index in [1.807, 2.05) is 13.8 Å². The summed E-state index contributed by atoms with van der Waals surface area (Å²) in [5, 5.41) is 4.15. The molecule has 2 heterocycles. The van der Waals surface area contributed by atoms with Crippen LogP contribution in [0, 0.1) is 6.92 Å². The zero-order valence-corrected chi connectivity index (χ0v) is 12.0. The van der Waals surface area contributed by atoms with E-state index in [2.05, 4.69) is 27.0 Å². The van der Waals surface area contributed by atoms with Crippen LogP contribution in [0.2, 0.25) is 0 Å². The third kappa shape index (κ3) is 3.28. The molecule has 1 aliphatic heterocycles. The maximum absolute atomic E-state index is 5.91. The van der Waals surface area contributed by atoms with Crippen LogP contribution in [0.5, 0.6) is 0 Å². The second-order valence-electron chi connectivity index (χ2n) is 4.72. The van der Waals surface area contributed by atoms with E-state index in [0.717, 1.165) is 30.2 Å². The van der Waals surface area contributed by atoms with Crippen LogP contribution in [-0.4, -0.2) is 27.5 Å². The second-order valence-corrected chi connectivity index (χ2v) is 6.13. The Morgan fingerprint density at radius 1 is 1.39 bits per heavy atom. The molecule has 0 amide bonds. The molecule has 18 heavy (non-hydrogen) atoms. The summed E-state index contributed by atoms with van der Waals surface area (Å²) < 4.78 is 0. The van der Waals surface area contributed by atoms with Gasteiger partial charge in [0.25, 0.3) is 0 Å². The molecule has 4 nitrogen and oxygen atoms in total. The van der Waals surface area contributed by atoms with E-state index in [9.17, 15) is 0 Å². The summed E-state index contributed by atoms with van der Waals surface area (Å²) in [5.41, 5.74) is 6.88. The van der Waals surface area contributed by atoms with Crippen molar-refractivity contribution in [2.24, 2.45) is 0 Å². The first-order valence-corrected chi connectivity index (χ1v) is 7.74. The molecule has 5 heteroatoms. The average molecular weight is 266 g/mol. The molecule has 0 bridgehead atoms. The smallest absolute Gasteiger partial charge is 0.134 e. The van der Waals surface area contributed by atoms with Gasteiger partial charge in [0.2, 0.25) is 0 Å². The van der Waals surface area contributed by atoms with E-state index in [0.29, 0.717) is 11.1 Å². The van der Waals surface area contributed by atoms with E-state index in [1.165, 1.54) is 25.0 Å². The molecule has 0 spiro atoms. The Bertz CT molecular complexity index is 402. The monoisotopic (exact) mass is 266 g/mol. The van der Waals surface area contributed by atoms with E-state index >= 15 is 0 Å². The summed E-state index contributed by atoms with van der Waals surface area (Å²) in [6.45, 7) is 5.00. The number of thioether (sulfide) groups is 1. The van der Waals surface area contributed by atoms with E-state index in [4.69, 9.17) is 5.73 Å². The molecule has 1 fully saturated rings. The first-order chi connectivity index (χ1) is 8.70. The molecule has 1 saturated heterocycles. The highest BCUT2D eigenvalue weighted by Gasteiger charge is 2.15. The average Bonchev–Trinajstić information content (AvgIpc) is 2.41. The van der Waals surface area contributed by atoms with Crippen LogP contribution >= 0.6 is 11.8 Å². The lowest BCUT2D eigenvalue weighted by Crippen LogP contribution is -2.21. The number of hydrogen-bond acceptors (Lipinski definition) is 5. The minimum absolute atomic E-state index is 0.598. The highest BCUT2D eigenvalue weighted by Crippen LogP contribution is 2.26. The highest BCUT2D eigenvalue weighted by atomic mass is 32.2. The van der Waals surface area contributed by atoms with Crippen LogP contribution < -0.4 is 11.1 Å². The summed E-state index contributed by atoms with van der Waals surface area (Å²) in [4.78, 5) is 8.79. The maximum Gasteiger partial charge on any atom is 0.134 e. The van der Waals surface area contributed by atoms with Crippen molar-refractivity contribution in [3.63, 3.8) is 0 Å². The Labute approximate surface area is 113 Å². The molecular weight excluding hydrogens is 244 g/mol. The first kappa shape index (κ1) is 13.5. The number of nitrogen functional groups attached to an aromatic ring is 1.